The third-order valence-corrected chi connectivity index (χ3v) is 2.45. The molecule has 0 bridgehead atoms. The van der Waals surface area contributed by atoms with Gasteiger partial charge in [-0.25, -0.2) is 4.79 Å². The van der Waals surface area contributed by atoms with E-state index in [9.17, 15) is 4.79 Å². The first-order chi connectivity index (χ1) is 8.20. The third kappa shape index (κ3) is 2.53. The molecule has 0 saturated heterocycles. The summed E-state index contributed by atoms with van der Waals surface area (Å²) >= 11 is 0. The van der Waals surface area contributed by atoms with E-state index in [1.165, 1.54) is 0 Å². The first-order valence-electron chi connectivity index (χ1n) is 5.62. The fraction of sp³-hybridized carbons (Fsp3) is 0.231. The maximum Gasteiger partial charge on any atom is 0.319 e. The Morgan fingerprint density at radius 1 is 1.29 bits per heavy atom. The van der Waals surface area contributed by atoms with Gasteiger partial charge in [0.2, 0.25) is 0 Å². The molecule has 0 fully saturated rings. The van der Waals surface area contributed by atoms with Crippen molar-refractivity contribution in [3.63, 3.8) is 0 Å². The Balaban J connectivity index is 2.39. The minimum atomic E-state index is -0.205. The van der Waals surface area contributed by atoms with Crippen LogP contribution in [0.1, 0.15) is 12.6 Å². The summed E-state index contributed by atoms with van der Waals surface area (Å²) < 4.78 is 0. The van der Waals surface area contributed by atoms with Crippen LogP contribution in [0.2, 0.25) is 0 Å². The van der Waals surface area contributed by atoms with Crippen LogP contribution in [0.5, 0.6) is 0 Å². The average Bonchev–Trinajstić information content (AvgIpc) is 2.30. The molecule has 2 aromatic rings. The van der Waals surface area contributed by atoms with Crippen molar-refractivity contribution in [1.82, 2.24) is 10.3 Å². The number of fused-ring (bicyclic) bond motifs is 1. The molecule has 1 heterocycles. The molecule has 2 amide bonds. The van der Waals surface area contributed by atoms with Crippen molar-refractivity contribution >= 4 is 22.6 Å². The van der Waals surface area contributed by atoms with Gasteiger partial charge in [0.1, 0.15) is 0 Å². The number of benzene rings is 1. The molecule has 4 heteroatoms. The van der Waals surface area contributed by atoms with Crippen molar-refractivity contribution < 1.29 is 4.79 Å². The topological polar surface area (TPSA) is 54.0 Å². The highest BCUT2D eigenvalue weighted by Crippen LogP contribution is 2.21. The summed E-state index contributed by atoms with van der Waals surface area (Å²) in [6, 6.07) is 9.48. The molecule has 0 spiro atoms. The molecule has 1 aromatic heterocycles. The van der Waals surface area contributed by atoms with Crippen LogP contribution in [0.4, 0.5) is 10.5 Å². The monoisotopic (exact) mass is 229 g/mol. The highest BCUT2D eigenvalue weighted by atomic mass is 16.2. The molecule has 17 heavy (non-hydrogen) atoms. The van der Waals surface area contributed by atoms with Gasteiger partial charge in [-0.05, 0) is 26.0 Å². The molecule has 0 aliphatic carbocycles. The third-order valence-electron chi connectivity index (χ3n) is 2.45. The van der Waals surface area contributed by atoms with E-state index < -0.39 is 0 Å². The lowest BCUT2D eigenvalue weighted by atomic mass is 10.2. The number of rotatable bonds is 2. The van der Waals surface area contributed by atoms with Crippen molar-refractivity contribution in [2.45, 2.75) is 13.8 Å². The van der Waals surface area contributed by atoms with Crippen LogP contribution in [0.25, 0.3) is 10.9 Å². The number of carbonyl (C=O) groups is 1. The Kier molecular flexibility index (Phi) is 3.23. The highest BCUT2D eigenvalue weighted by Gasteiger charge is 2.05. The minimum absolute atomic E-state index is 0.205. The molecule has 88 valence electrons. The molecule has 2 N–H and O–H groups in total. The van der Waals surface area contributed by atoms with Gasteiger partial charge in [-0.15, -0.1) is 0 Å². The van der Waals surface area contributed by atoms with Crippen LogP contribution in [0.3, 0.4) is 0 Å². The zero-order valence-corrected chi connectivity index (χ0v) is 9.95. The van der Waals surface area contributed by atoms with Crippen molar-refractivity contribution in [1.29, 1.82) is 0 Å². The maximum absolute atomic E-state index is 11.5. The minimum Gasteiger partial charge on any atom is -0.338 e. The number of nitrogens with one attached hydrogen (secondary N) is 2. The summed E-state index contributed by atoms with van der Waals surface area (Å²) in [5, 5.41) is 6.51. The molecular weight excluding hydrogens is 214 g/mol. The number of amides is 2. The van der Waals surface area contributed by atoms with E-state index in [0.29, 0.717) is 6.54 Å². The standard InChI is InChI=1S/C13H15N3O/c1-3-14-13(17)16-11-6-4-5-10-8-7-9(2)15-12(10)11/h4-8H,3H2,1-2H3,(H2,14,16,17). The number of anilines is 1. The Labute approximate surface area is 100 Å². The second-order valence-corrected chi connectivity index (χ2v) is 3.81. The normalized spacial score (nSPS) is 10.2. The van der Waals surface area contributed by atoms with Crippen LogP contribution in [-0.2, 0) is 0 Å². The number of para-hydroxylation sites is 1. The molecule has 0 saturated carbocycles. The Bertz CT molecular complexity index is 551. The van der Waals surface area contributed by atoms with E-state index in [1.54, 1.807) is 0 Å². The second kappa shape index (κ2) is 4.82. The Morgan fingerprint density at radius 3 is 2.88 bits per heavy atom. The van der Waals surface area contributed by atoms with Crippen LogP contribution in [-0.4, -0.2) is 17.6 Å². The maximum atomic E-state index is 11.5. The van der Waals surface area contributed by atoms with Crippen molar-refractivity contribution in [3.05, 3.63) is 36.0 Å². The van der Waals surface area contributed by atoms with Gasteiger partial charge >= 0.3 is 6.03 Å². The fourth-order valence-electron chi connectivity index (χ4n) is 1.67. The van der Waals surface area contributed by atoms with Crippen LogP contribution in [0.15, 0.2) is 30.3 Å². The lowest BCUT2D eigenvalue weighted by molar-refractivity contribution is 0.252. The lowest BCUT2D eigenvalue weighted by Crippen LogP contribution is -2.28. The van der Waals surface area contributed by atoms with Crippen molar-refractivity contribution in [2.24, 2.45) is 0 Å². The molecule has 0 radical (unpaired) electrons. The first-order valence-corrected chi connectivity index (χ1v) is 5.62. The van der Waals surface area contributed by atoms with Gasteiger partial charge in [0, 0.05) is 17.6 Å². The molecule has 4 nitrogen and oxygen atoms in total. The van der Waals surface area contributed by atoms with Crippen LogP contribution >= 0.6 is 0 Å². The average molecular weight is 229 g/mol. The van der Waals surface area contributed by atoms with Gasteiger partial charge in [-0.2, -0.15) is 0 Å². The fourth-order valence-corrected chi connectivity index (χ4v) is 1.67. The summed E-state index contributed by atoms with van der Waals surface area (Å²) in [5.74, 6) is 0. The predicted octanol–water partition coefficient (Wildman–Crippen LogP) is 2.68. The van der Waals surface area contributed by atoms with Gasteiger partial charge in [0.25, 0.3) is 0 Å². The van der Waals surface area contributed by atoms with E-state index in [2.05, 4.69) is 15.6 Å². The largest absolute Gasteiger partial charge is 0.338 e. The van der Waals surface area contributed by atoms with Gasteiger partial charge in [-0.1, -0.05) is 18.2 Å². The van der Waals surface area contributed by atoms with E-state index in [0.717, 1.165) is 22.3 Å². The summed E-state index contributed by atoms with van der Waals surface area (Å²) in [5.41, 5.74) is 2.48. The Morgan fingerprint density at radius 2 is 2.12 bits per heavy atom. The van der Waals surface area contributed by atoms with E-state index in [4.69, 9.17) is 0 Å². The molecule has 2 rings (SSSR count). The van der Waals surface area contributed by atoms with E-state index in [-0.39, 0.29) is 6.03 Å². The Hall–Kier alpha value is -2.10. The predicted molar refractivity (Wildman–Crippen MR) is 69.2 cm³/mol. The van der Waals surface area contributed by atoms with Gasteiger partial charge in [-0.3, -0.25) is 4.98 Å². The van der Waals surface area contributed by atoms with Crippen molar-refractivity contribution in [3.8, 4) is 0 Å². The number of aromatic nitrogens is 1. The van der Waals surface area contributed by atoms with Gasteiger partial charge in [0.05, 0.1) is 11.2 Å². The summed E-state index contributed by atoms with van der Waals surface area (Å²) in [6.45, 7) is 4.41. The molecule has 0 atom stereocenters. The van der Waals surface area contributed by atoms with Crippen molar-refractivity contribution in [2.75, 3.05) is 11.9 Å². The zero-order chi connectivity index (χ0) is 12.3. The molecule has 1 aromatic carbocycles. The lowest BCUT2D eigenvalue weighted by Gasteiger charge is -2.08. The zero-order valence-electron chi connectivity index (χ0n) is 9.95. The molecule has 0 unspecified atom stereocenters. The summed E-state index contributed by atoms with van der Waals surface area (Å²) in [7, 11) is 0. The number of urea groups is 1. The molecule has 0 aliphatic heterocycles. The van der Waals surface area contributed by atoms with Gasteiger partial charge in [0.15, 0.2) is 0 Å². The number of hydrogen-bond acceptors (Lipinski definition) is 2. The highest BCUT2D eigenvalue weighted by molar-refractivity contribution is 5.99. The summed E-state index contributed by atoms with van der Waals surface area (Å²) in [4.78, 5) is 15.9. The van der Waals surface area contributed by atoms with E-state index >= 15 is 0 Å². The SMILES string of the molecule is CCNC(=O)Nc1cccc2ccc(C)nc12. The quantitative estimate of drug-likeness (QED) is 0.831. The van der Waals surface area contributed by atoms with E-state index in [1.807, 2.05) is 44.2 Å². The number of pyridine rings is 1. The molecular formula is C13H15N3O. The number of carbonyl (C=O) groups excluding carboxylic acids is 1. The summed E-state index contributed by atoms with van der Waals surface area (Å²) in [6.07, 6.45) is 0. The van der Waals surface area contributed by atoms with Crippen LogP contribution < -0.4 is 10.6 Å². The number of aryl methyl sites for hydroxylation is 1. The number of nitrogens with zero attached hydrogens (tertiary/aromatic N) is 1. The smallest absolute Gasteiger partial charge is 0.319 e. The first kappa shape index (κ1) is 11.4. The second-order valence-electron chi connectivity index (χ2n) is 3.81. The van der Waals surface area contributed by atoms with Crippen LogP contribution in [0, 0.1) is 6.92 Å². The number of hydrogen-bond donors (Lipinski definition) is 2. The van der Waals surface area contributed by atoms with Gasteiger partial charge < -0.3 is 10.6 Å². The molecule has 0 aliphatic rings.